The van der Waals surface area contributed by atoms with E-state index in [1.165, 1.54) is 12.1 Å². The molecule has 2 nitrogen and oxygen atoms in total. The maximum absolute atomic E-state index is 13.2. The Kier molecular flexibility index (Phi) is 3.57. The molecule has 13 heavy (non-hydrogen) atoms. The van der Waals surface area contributed by atoms with Crippen LogP contribution in [0.5, 0.6) is 0 Å². The van der Waals surface area contributed by atoms with Crippen LogP contribution in [0.1, 0.15) is 12.5 Å². The fraction of sp³-hybridized carbons (Fsp3) is 0.333. The third-order valence-electron chi connectivity index (χ3n) is 1.69. The standard InChI is InChI=1S/C9H11FO2S/c1-2-13(12)9-4-3-7(6-11)5-8(9)10/h3-5,11H,2,6H2,1H3. The predicted molar refractivity (Wildman–Crippen MR) is 49.3 cm³/mol. The van der Waals surface area contributed by atoms with Gasteiger partial charge in [-0.1, -0.05) is 13.0 Å². The first-order chi connectivity index (χ1) is 6.19. The van der Waals surface area contributed by atoms with Crippen LogP contribution in [0.15, 0.2) is 23.1 Å². The van der Waals surface area contributed by atoms with E-state index in [2.05, 4.69) is 0 Å². The number of hydrogen-bond acceptors (Lipinski definition) is 2. The number of aliphatic hydroxyl groups is 1. The molecule has 0 bridgehead atoms. The maximum Gasteiger partial charge on any atom is 0.139 e. The summed E-state index contributed by atoms with van der Waals surface area (Å²) in [5, 5.41) is 8.71. The zero-order chi connectivity index (χ0) is 9.84. The average molecular weight is 202 g/mol. The zero-order valence-electron chi connectivity index (χ0n) is 7.29. The third kappa shape index (κ3) is 2.35. The summed E-state index contributed by atoms with van der Waals surface area (Å²) in [6.45, 7) is 1.53. The highest BCUT2D eigenvalue weighted by molar-refractivity contribution is 7.85. The van der Waals surface area contributed by atoms with Crippen LogP contribution >= 0.6 is 0 Å². The minimum atomic E-state index is -1.27. The average Bonchev–Trinajstić information content (AvgIpc) is 2.16. The number of benzene rings is 1. The molecule has 0 spiro atoms. The summed E-state index contributed by atoms with van der Waals surface area (Å²) in [6, 6.07) is 4.25. The zero-order valence-corrected chi connectivity index (χ0v) is 8.10. The normalized spacial score (nSPS) is 12.8. The summed E-state index contributed by atoms with van der Waals surface area (Å²) in [7, 11) is -1.27. The van der Waals surface area contributed by atoms with Crippen molar-refractivity contribution in [2.75, 3.05) is 5.75 Å². The van der Waals surface area contributed by atoms with E-state index < -0.39 is 16.6 Å². The Morgan fingerprint density at radius 2 is 2.23 bits per heavy atom. The van der Waals surface area contributed by atoms with E-state index in [-0.39, 0.29) is 11.5 Å². The highest BCUT2D eigenvalue weighted by Gasteiger charge is 2.08. The number of halogens is 1. The molecular formula is C9H11FO2S. The van der Waals surface area contributed by atoms with Crippen molar-refractivity contribution in [1.29, 1.82) is 0 Å². The minimum absolute atomic E-state index is 0.198. The number of rotatable bonds is 3. The van der Waals surface area contributed by atoms with E-state index in [4.69, 9.17) is 5.11 Å². The SMILES string of the molecule is CCS(=O)c1ccc(CO)cc1F. The summed E-state index contributed by atoms with van der Waals surface area (Å²) in [5.41, 5.74) is 0.495. The summed E-state index contributed by atoms with van der Waals surface area (Å²) in [6.07, 6.45) is 0. The van der Waals surface area contributed by atoms with E-state index >= 15 is 0 Å². The molecule has 0 aromatic heterocycles. The Morgan fingerprint density at radius 1 is 1.54 bits per heavy atom. The van der Waals surface area contributed by atoms with Gasteiger partial charge < -0.3 is 5.11 Å². The van der Waals surface area contributed by atoms with E-state index in [0.29, 0.717) is 11.3 Å². The van der Waals surface area contributed by atoms with E-state index in [1.807, 2.05) is 0 Å². The minimum Gasteiger partial charge on any atom is -0.392 e. The Labute approximate surface area is 78.9 Å². The highest BCUT2D eigenvalue weighted by atomic mass is 32.2. The molecule has 0 radical (unpaired) electrons. The second-order valence-corrected chi connectivity index (χ2v) is 4.27. The summed E-state index contributed by atoms with van der Waals surface area (Å²) in [4.78, 5) is 0.208. The van der Waals surface area contributed by atoms with Gasteiger partial charge in [0.15, 0.2) is 0 Å². The van der Waals surface area contributed by atoms with Crippen LogP contribution in [-0.2, 0) is 17.4 Å². The van der Waals surface area contributed by atoms with Gasteiger partial charge in [-0.15, -0.1) is 0 Å². The van der Waals surface area contributed by atoms with Gasteiger partial charge in [-0.25, -0.2) is 4.39 Å². The lowest BCUT2D eigenvalue weighted by Crippen LogP contribution is -1.98. The van der Waals surface area contributed by atoms with Gasteiger partial charge in [0.25, 0.3) is 0 Å². The largest absolute Gasteiger partial charge is 0.392 e. The monoisotopic (exact) mass is 202 g/mol. The summed E-state index contributed by atoms with van der Waals surface area (Å²) >= 11 is 0. The van der Waals surface area contributed by atoms with Crippen LogP contribution < -0.4 is 0 Å². The lowest BCUT2D eigenvalue weighted by molar-refractivity contribution is 0.281. The van der Waals surface area contributed by atoms with Gasteiger partial charge in [-0.05, 0) is 17.7 Å². The molecule has 1 aromatic rings. The molecule has 0 saturated heterocycles. The molecule has 1 N–H and O–H groups in total. The van der Waals surface area contributed by atoms with Crippen molar-refractivity contribution in [2.45, 2.75) is 18.4 Å². The van der Waals surface area contributed by atoms with Crippen molar-refractivity contribution in [3.63, 3.8) is 0 Å². The molecule has 1 unspecified atom stereocenters. The first-order valence-corrected chi connectivity index (χ1v) is 5.28. The van der Waals surface area contributed by atoms with Crippen LogP contribution in [0.25, 0.3) is 0 Å². The predicted octanol–water partition coefficient (Wildman–Crippen LogP) is 1.45. The smallest absolute Gasteiger partial charge is 0.139 e. The van der Waals surface area contributed by atoms with Gasteiger partial charge in [-0.3, -0.25) is 4.21 Å². The molecule has 1 aromatic carbocycles. The van der Waals surface area contributed by atoms with Crippen molar-refractivity contribution >= 4 is 10.8 Å². The molecule has 0 fully saturated rings. The number of hydrogen-bond donors (Lipinski definition) is 1. The molecule has 1 atom stereocenters. The van der Waals surface area contributed by atoms with E-state index in [0.717, 1.165) is 0 Å². The van der Waals surface area contributed by atoms with Gasteiger partial charge in [0.1, 0.15) is 5.82 Å². The van der Waals surface area contributed by atoms with Crippen molar-refractivity contribution < 1.29 is 13.7 Å². The van der Waals surface area contributed by atoms with Crippen LogP contribution in [0.2, 0.25) is 0 Å². The Hall–Kier alpha value is -0.740. The first kappa shape index (κ1) is 10.3. The van der Waals surface area contributed by atoms with Crippen LogP contribution in [0.3, 0.4) is 0 Å². The first-order valence-electron chi connectivity index (χ1n) is 3.96. The van der Waals surface area contributed by atoms with Gasteiger partial charge in [0.2, 0.25) is 0 Å². The van der Waals surface area contributed by atoms with E-state index in [1.54, 1.807) is 13.0 Å². The fourth-order valence-corrected chi connectivity index (χ4v) is 1.79. The second kappa shape index (κ2) is 4.48. The van der Waals surface area contributed by atoms with Crippen LogP contribution in [0.4, 0.5) is 4.39 Å². The topological polar surface area (TPSA) is 37.3 Å². The Balaban J connectivity index is 3.05. The second-order valence-electron chi connectivity index (χ2n) is 2.56. The third-order valence-corrected chi connectivity index (χ3v) is 3.03. The molecule has 0 aliphatic carbocycles. The van der Waals surface area contributed by atoms with Crippen molar-refractivity contribution in [2.24, 2.45) is 0 Å². The molecular weight excluding hydrogens is 191 g/mol. The molecule has 0 heterocycles. The van der Waals surface area contributed by atoms with Crippen LogP contribution in [0, 0.1) is 5.82 Å². The highest BCUT2D eigenvalue weighted by Crippen LogP contribution is 2.14. The van der Waals surface area contributed by atoms with Gasteiger partial charge in [0, 0.05) is 5.75 Å². The van der Waals surface area contributed by atoms with Crippen LogP contribution in [-0.4, -0.2) is 15.1 Å². The van der Waals surface area contributed by atoms with E-state index in [9.17, 15) is 8.60 Å². The molecule has 4 heteroatoms. The quantitative estimate of drug-likeness (QED) is 0.805. The maximum atomic E-state index is 13.2. The lowest BCUT2D eigenvalue weighted by atomic mass is 10.2. The Morgan fingerprint density at radius 3 is 2.69 bits per heavy atom. The lowest BCUT2D eigenvalue weighted by Gasteiger charge is -2.02. The fourth-order valence-electron chi connectivity index (χ4n) is 0.983. The molecule has 0 aliphatic rings. The van der Waals surface area contributed by atoms with Crippen molar-refractivity contribution in [3.05, 3.63) is 29.6 Å². The number of aliphatic hydroxyl groups excluding tert-OH is 1. The Bertz CT molecular complexity index is 325. The summed E-state index contributed by atoms with van der Waals surface area (Å²) < 4.78 is 24.4. The molecule has 72 valence electrons. The van der Waals surface area contributed by atoms with Gasteiger partial charge in [0.05, 0.1) is 22.3 Å². The van der Waals surface area contributed by atoms with Gasteiger partial charge in [-0.2, -0.15) is 0 Å². The molecule has 0 amide bonds. The molecule has 0 saturated carbocycles. The molecule has 0 aliphatic heterocycles. The van der Waals surface area contributed by atoms with Crippen molar-refractivity contribution in [3.8, 4) is 0 Å². The van der Waals surface area contributed by atoms with Crippen molar-refractivity contribution in [1.82, 2.24) is 0 Å². The molecule has 1 rings (SSSR count). The van der Waals surface area contributed by atoms with Gasteiger partial charge >= 0.3 is 0 Å². The summed E-state index contributed by atoms with van der Waals surface area (Å²) in [5.74, 6) is -0.109.